The molecule has 0 amide bonds. The zero-order valence-corrected chi connectivity index (χ0v) is 9.48. The summed E-state index contributed by atoms with van der Waals surface area (Å²) >= 11 is 0. The van der Waals surface area contributed by atoms with Crippen molar-refractivity contribution >= 4 is 0 Å². The first-order valence-corrected chi connectivity index (χ1v) is 5.56. The number of pyridine rings is 1. The predicted molar refractivity (Wildman–Crippen MR) is 61.6 cm³/mol. The van der Waals surface area contributed by atoms with Crippen LogP contribution < -0.4 is 5.32 Å². The van der Waals surface area contributed by atoms with E-state index in [0.29, 0.717) is 6.04 Å². The molecule has 0 bridgehead atoms. The third-order valence-corrected chi connectivity index (χ3v) is 3.15. The maximum atomic E-state index is 4.08. The zero-order valence-electron chi connectivity index (χ0n) is 9.48. The number of hydrogen-bond acceptors (Lipinski definition) is 3. The molecular formula is C12H19N3. The summed E-state index contributed by atoms with van der Waals surface area (Å²) in [5, 5.41) is 3.44. The second-order valence-corrected chi connectivity index (χ2v) is 4.44. The highest BCUT2D eigenvalue weighted by Gasteiger charge is 2.27. The third-order valence-electron chi connectivity index (χ3n) is 3.15. The molecule has 1 aromatic rings. The molecule has 0 radical (unpaired) electrons. The second kappa shape index (κ2) is 4.73. The maximum absolute atomic E-state index is 4.08. The average molecular weight is 205 g/mol. The normalized spacial score (nSPS) is 23.3. The van der Waals surface area contributed by atoms with Crippen LogP contribution in [0.15, 0.2) is 24.5 Å². The fourth-order valence-electron chi connectivity index (χ4n) is 2.50. The Bertz CT molecular complexity index is 291. The molecule has 1 fully saturated rings. The Balaban J connectivity index is 2.19. The lowest BCUT2D eigenvalue weighted by atomic mass is 9.92. The Morgan fingerprint density at radius 3 is 2.67 bits per heavy atom. The van der Waals surface area contributed by atoms with E-state index in [1.807, 2.05) is 12.4 Å². The van der Waals surface area contributed by atoms with Gasteiger partial charge in [-0.25, -0.2) is 0 Å². The van der Waals surface area contributed by atoms with E-state index < -0.39 is 0 Å². The van der Waals surface area contributed by atoms with Gasteiger partial charge in [-0.2, -0.15) is 0 Å². The van der Waals surface area contributed by atoms with Gasteiger partial charge in [-0.05, 0) is 57.2 Å². The molecule has 0 spiro atoms. The molecular weight excluding hydrogens is 186 g/mol. The molecule has 2 rings (SSSR count). The molecule has 3 nitrogen and oxygen atoms in total. The summed E-state index contributed by atoms with van der Waals surface area (Å²) in [4.78, 5) is 6.39. The first-order valence-electron chi connectivity index (χ1n) is 5.56. The summed E-state index contributed by atoms with van der Waals surface area (Å²) < 4.78 is 0. The monoisotopic (exact) mass is 205 g/mol. The van der Waals surface area contributed by atoms with Crippen molar-refractivity contribution in [3.8, 4) is 0 Å². The Morgan fingerprint density at radius 1 is 1.40 bits per heavy atom. The molecule has 82 valence electrons. The van der Waals surface area contributed by atoms with Gasteiger partial charge in [0.1, 0.15) is 0 Å². The topological polar surface area (TPSA) is 28.2 Å². The Morgan fingerprint density at radius 2 is 2.13 bits per heavy atom. The van der Waals surface area contributed by atoms with Gasteiger partial charge in [-0.15, -0.1) is 0 Å². The van der Waals surface area contributed by atoms with E-state index in [0.717, 1.165) is 19.0 Å². The van der Waals surface area contributed by atoms with E-state index in [1.165, 1.54) is 12.0 Å². The molecule has 1 aliphatic heterocycles. The SMILES string of the molecule is CN(C)C(c1ccncc1)C1CCNC1. The van der Waals surface area contributed by atoms with Crippen LogP contribution in [-0.2, 0) is 0 Å². The lowest BCUT2D eigenvalue weighted by Gasteiger charge is -2.29. The van der Waals surface area contributed by atoms with Gasteiger partial charge in [-0.1, -0.05) is 0 Å². The van der Waals surface area contributed by atoms with E-state index in [4.69, 9.17) is 0 Å². The van der Waals surface area contributed by atoms with Crippen molar-refractivity contribution in [1.82, 2.24) is 15.2 Å². The van der Waals surface area contributed by atoms with Crippen LogP contribution >= 0.6 is 0 Å². The van der Waals surface area contributed by atoms with Gasteiger partial charge in [-0.3, -0.25) is 4.98 Å². The van der Waals surface area contributed by atoms with E-state index >= 15 is 0 Å². The largest absolute Gasteiger partial charge is 0.316 e. The molecule has 15 heavy (non-hydrogen) atoms. The molecule has 1 N–H and O–H groups in total. The van der Waals surface area contributed by atoms with Crippen LogP contribution in [0.3, 0.4) is 0 Å². The van der Waals surface area contributed by atoms with Crippen LogP contribution in [0.5, 0.6) is 0 Å². The quantitative estimate of drug-likeness (QED) is 0.806. The van der Waals surface area contributed by atoms with Gasteiger partial charge in [0.05, 0.1) is 0 Å². The van der Waals surface area contributed by atoms with Gasteiger partial charge in [0.25, 0.3) is 0 Å². The summed E-state index contributed by atoms with van der Waals surface area (Å²) in [5.74, 6) is 0.724. The van der Waals surface area contributed by atoms with E-state index in [-0.39, 0.29) is 0 Å². The van der Waals surface area contributed by atoms with Crippen LogP contribution in [0.4, 0.5) is 0 Å². The highest BCUT2D eigenvalue weighted by Crippen LogP contribution is 2.30. The first kappa shape index (κ1) is 10.6. The standard InChI is InChI=1S/C12H19N3/c1-15(2)12(11-5-8-14-9-11)10-3-6-13-7-4-10/h3-4,6-7,11-12,14H,5,8-9H2,1-2H3. The van der Waals surface area contributed by atoms with Gasteiger partial charge in [0, 0.05) is 18.4 Å². The highest BCUT2D eigenvalue weighted by atomic mass is 15.1. The number of nitrogens with zero attached hydrogens (tertiary/aromatic N) is 2. The van der Waals surface area contributed by atoms with Gasteiger partial charge >= 0.3 is 0 Å². The summed E-state index contributed by atoms with van der Waals surface area (Å²) in [6.45, 7) is 2.28. The third kappa shape index (κ3) is 2.36. The molecule has 1 aliphatic rings. The van der Waals surface area contributed by atoms with Gasteiger partial charge in [0.2, 0.25) is 0 Å². The van der Waals surface area contributed by atoms with Crippen molar-refractivity contribution in [2.75, 3.05) is 27.2 Å². The molecule has 1 aromatic heterocycles. The first-order chi connectivity index (χ1) is 7.29. The highest BCUT2D eigenvalue weighted by molar-refractivity contribution is 5.16. The molecule has 2 atom stereocenters. The summed E-state index contributed by atoms with van der Waals surface area (Å²) in [6, 6.07) is 4.77. The minimum Gasteiger partial charge on any atom is -0.316 e. The molecule has 1 saturated heterocycles. The van der Waals surface area contributed by atoms with Crippen LogP contribution in [0, 0.1) is 5.92 Å². The number of rotatable bonds is 3. The molecule has 0 saturated carbocycles. The van der Waals surface area contributed by atoms with Crippen LogP contribution in [0.1, 0.15) is 18.0 Å². The Labute approximate surface area is 91.5 Å². The number of hydrogen-bond donors (Lipinski definition) is 1. The lowest BCUT2D eigenvalue weighted by Crippen LogP contribution is -2.28. The summed E-state index contributed by atoms with van der Waals surface area (Å²) in [6.07, 6.45) is 5.04. The molecule has 0 aliphatic carbocycles. The molecule has 3 heteroatoms. The smallest absolute Gasteiger partial charge is 0.0383 e. The number of aromatic nitrogens is 1. The summed E-state index contributed by atoms with van der Waals surface area (Å²) in [7, 11) is 4.31. The van der Waals surface area contributed by atoms with E-state index in [1.54, 1.807) is 0 Å². The van der Waals surface area contributed by atoms with E-state index in [9.17, 15) is 0 Å². The molecule has 0 aromatic carbocycles. The van der Waals surface area contributed by atoms with Crippen LogP contribution in [0.2, 0.25) is 0 Å². The minimum atomic E-state index is 0.517. The minimum absolute atomic E-state index is 0.517. The van der Waals surface area contributed by atoms with Crippen molar-refractivity contribution in [2.24, 2.45) is 5.92 Å². The van der Waals surface area contributed by atoms with Crippen LogP contribution in [0.25, 0.3) is 0 Å². The van der Waals surface area contributed by atoms with Crippen molar-refractivity contribution in [3.05, 3.63) is 30.1 Å². The maximum Gasteiger partial charge on any atom is 0.0383 e. The molecule has 2 unspecified atom stereocenters. The average Bonchev–Trinajstić information content (AvgIpc) is 2.72. The fourth-order valence-corrected chi connectivity index (χ4v) is 2.50. The van der Waals surface area contributed by atoms with Crippen molar-refractivity contribution in [1.29, 1.82) is 0 Å². The summed E-state index contributed by atoms with van der Waals surface area (Å²) in [5.41, 5.74) is 1.38. The zero-order chi connectivity index (χ0) is 10.7. The van der Waals surface area contributed by atoms with Crippen LogP contribution in [-0.4, -0.2) is 37.1 Å². The second-order valence-electron chi connectivity index (χ2n) is 4.44. The van der Waals surface area contributed by atoms with Crippen molar-refractivity contribution in [2.45, 2.75) is 12.5 Å². The predicted octanol–water partition coefficient (Wildman–Crippen LogP) is 1.29. The van der Waals surface area contributed by atoms with E-state index in [2.05, 4.69) is 41.4 Å². The lowest BCUT2D eigenvalue weighted by molar-refractivity contribution is 0.223. The Kier molecular flexibility index (Phi) is 3.34. The fraction of sp³-hybridized carbons (Fsp3) is 0.583. The Hall–Kier alpha value is -0.930. The number of nitrogens with one attached hydrogen (secondary N) is 1. The van der Waals surface area contributed by atoms with Crippen molar-refractivity contribution in [3.63, 3.8) is 0 Å². The van der Waals surface area contributed by atoms with Gasteiger partial charge < -0.3 is 10.2 Å². The van der Waals surface area contributed by atoms with Crippen molar-refractivity contribution < 1.29 is 0 Å². The van der Waals surface area contributed by atoms with Gasteiger partial charge in [0.15, 0.2) is 0 Å². The molecule has 2 heterocycles.